The highest BCUT2D eigenvalue weighted by Crippen LogP contribution is 2.58. The topological polar surface area (TPSA) is 24.6 Å². The van der Waals surface area contributed by atoms with Gasteiger partial charge in [0.1, 0.15) is 0 Å². The number of nitrogens with zero attached hydrogens (tertiary/aromatic N) is 6. The van der Waals surface area contributed by atoms with Gasteiger partial charge in [0.15, 0.2) is 0 Å². The summed E-state index contributed by atoms with van der Waals surface area (Å²) in [5.74, 6) is 0. The lowest BCUT2D eigenvalue weighted by Crippen LogP contribution is -2.61. The Balaban J connectivity index is 0.806. The van der Waals surface area contributed by atoms with Gasteiger partial charge in [-0.1, -0.05) is 320 Å². The van der Waals surface area contributed by atoms with Gasteiger partial charge in [0.25, 0.3) is 6.71 Å². The number of anilines is 6. The van der Waals surface area contributed by atoms with Crippen molar-refractivity contribution < 1.29 is 16.4 Å². The molecule has 0 radical (unpaired) electrons. The number of hydrogen-bond donors (Lipinski definition) is 0. The monoisotopic (exact) mass is 1730 g/mol. The van der Waals surface area contributed by atoms with Crippen LogP contribution in [0.4, 0.5) is 34.1 Å². The number of para-hydroxylation sites is 8. The maximum atomic E-state index is 10.6. The molecule has 27 aromatic rings. The van der Waals surface area contributed by atoms with Crippen LogP contribution >= 0.6 is 0 Å². The zero-order chi connectivity index (χ0) is 99.7. The van der Waals surface area contributed by atoms with Gasteiger partial charge in [-0.25, -0.2) is 0 Å². The maximum absolute atomic E-state index is 10.6. The summed E-state index contributed by atoms with van der Waals surface area (Å²) in [7, 11) is 0. The molecule has 0 atom stereocenters. The molecule has 0 spiro atoms. The summed E-state index contributed by atoms with van der Waals surface area (Å²) in [6.45, 7) is 13.0. The van der Waals surface area contributed by atoms with Crippen molar-refractivity contribution in [2.45, 2.75) is 52.4 Å². The zero-order valence-electron chi connectivity index (χ0n) is 86.7. The third-order valence-electron chi connectivity index (χ3n) is 29.5. The van der Waals surface area contributed by atoms with Crippen molar-refractivity contribution in [2.75, 3.05) is 9.80 Å². The van der Waals surface area contributed by atoms with Crippen molar-refractivity contribution in [3.8, 4) is 83.6 Å². The zero-order valence-corrected chi connectivity index (χ0v) is 74.7. The highest BCUT2D eigenvalue weighted by atomic mass is 15.2. The number of benzene rings is 20. The fourth-order valence-electron chi connectivity index (χ4n) is 23.4. The van der Waals surface area contributed by atoms with Gasteiger partial charge in [-0.3, -0.25) is 0 Å². The second-order valence-electron chi connectivity index (χ2n) is 38.9. The number of fused-ring (bicyclic) bond motifs is 25. The highest BCUT2D eigenvalue weighted by Gasteiger charge is 2.47. The second-order valence-corrected chi connectivity index (χ2v) is 38.9. The average Bonchev–Trinajstić information content (AvgIpc) is 1.60. The Kier molecular flexibility index (Phi) is 13.4. The third-order valence-corrected chi connectivity index (χ3v) is 29.5. The van der Waals surface area contributed by atoms with E-state index in [9.17, 15) is 12.3 Å². The minimum atomic E-state index is -0.734. The molecule has 0 fully saturated rings. The van der Waals surface area contributed by atoms with Gasteiger partial charge in [0.05, 0.1) is 88.5 Å². The van der Waals surface area contributed by atoms with Crippen molar-refractivity contribution in [3.05, 3.63) is 429 Å². The molecule has 7 heteroatoms. The molecule has 0 N–H and O–H groups in total. The summed E-state index contributed by atoms with van der Waals surface area (Å²) in [5, 5.41) is 13.5. The van der Waals surface area contributed by atoms with Crippen LogP contribution in [0.3, 0.4) is 0 Å². The largest absolute Gasteiger partial charge is 0.310 e. The Bertz CT molecular complexity index is 10100. The van der Waals surface area contributed by atoms with E-state index in [2.05, 4.69) is 350 Å². The van der Waals surface area contributed by atoms with Crippen LogP contribution in [0.25, 0.3) is 220 Å². The standard InChI is InChI=1S/C128H87BN6/c1-127(2,3)86-71-98(78-36-14-9-15-37-78)123(99(72-86)85-68-105-96-45-21-28-54-114(96)133-115-55-29-22-46-97(115)106(69-85)126(105)133)135-118-75-88(130-109-49-23-16-40-91(109)100-63-81(56-60-116(100)130)77-34-12-8-13-35-77)58-59-107(118)129-108-70-82(80-39-30-38-79(62-80)76-32-10-7-11-33-76)57-61-117(108)134(119-73-87(128(4,5)6)74-120(135)121(119)129)122-89(83-64-101-92-41-17-24-50-110(92)131-111-51-25-18-42-93(111)102(65-83)124(101)131)47-31-48-90(122)84-66-103-94-43-19-26-52-112(94)132-113-53-27-20-44-95(113)104(67-84)125(103)132/h7-75H,1-6H3/i7D,10D,11D,16D,23D,32D,33D,40D,49D,56D,60D,63D. The lowest BCUT2D eigenvalue weighted by molar-refractivity contribution is 0.590. The van der Waals surface area contributed by atoms with Crippen LogP contribution in [0.1, 0.15) is 69.1 Å². The highest BCUT2D eigenvalue weighted by molar-refractivity contribution is 7.00. The van der Waals surface area contributed by atoms with Crippen molar-refractivity contribution in [1.82, 2.24) is 17.8 Å². The van der Waals surface area contributed by atoms with E-state index >= 15 is 0 Å². The molecule has 9 heterocycles. The fourth-order valence-corrected chi connectivity index (χ4v) is 23.4. The molecule has 135 heavy (non-hydrogen) atoms. The molecule has 2 aliphatic rings. The molecule has 20 aromatic carbocycles. The molecule has 0 amide bonds. The molecule has 0 saturated heterocycles. The lowest BCUT2D eigenvalue weighted by Gasteiger charge is -2.46. The van der Waals surface area contributed by atoms with Crippen molar-refractivity contribution >= 4 is 193 Å². The Morgan fingerprint density at radius 3 is 1.13 bits per heavy atom. The van der Waals surface area contributed by atoms with Gasteiger partial charge in [0, 0.05) is 126 Å². The Hall–Kier alpha value is -16.7. The molecular formula is C128H87BN6. The van der Waals surface area contributed by atoms with Crippen LogP contribution in [0.2, 0.25) is 0 Å². The van der Waals surface area contributed by atoms with E-state index in [0.717, 1.165) is 226 Å². The van der Waals surface area contributed by atoms with Gasteiger partial charge in [-0.2, -0.15) is 0 Å². The minimum Gasteiger partial charge on any atom is -0.310 e. The third kappa shape index (κ3) is 10.8. The van der Waals surface area contributed by atoms with E-state index < -0.39 is 47.8 Å². The van der Waals surface area contributed by atoms with Crippen molar-refractivity contribution in [2.24, 2.45) is 0 Å². The summed E-state index contributed by atoms with van der Waals surface area (Å²) < 4.78 is 126. The molecule has 0 saturated carbocycles. The van der Waals surface area contributed by atoms with Crippen LogP contribution < -0.4 is 26.2 Å². The molecule has 6 nitrogen and oxygen atoms in total. The number of rotatable bonds is 10. The lowest BCUT2D eigenvalue weighted by atomic mass is 9.33. The Labute approximate surface area is 797 Å². The first-order valence-electron chi connectivity index (χ1n) is 52.5. The molecule has 0 unspecified atom stereocenters. The normalized spacial score (nSPS) is 14.3. The SMILES string of the molecule is [2H]c1c([2H])c([2H])c(-c2cccc(-c3ccc4c(c3)B3c5ccc(-n6c7c([2H])c([2H])c([2H])c([2H])c7c7c([2H])c(-c8ccccc8)c([2H])c([2H])c76)cc5N(c5c(-c6ccccc6)cc(C(C)(C)C)cc5-c5cc6c7ccccc7n7c8ccccc8c(c5)c67)c5cc(C(C)(C)C)cc(c53)N4c3c(-c4cc5c6ccccc6n6c7ccccc7c(c4)c56)cccc3-c3cc4c5ccccc5n5c6ccccc6c(c3)c45)c2)c([2H])c1[2H]. The van der Waals surface area contributed by atoms with E-state index in [-0.39, 0.29) is 75.2 Å². The maximum Gasteiger partial charge on any atom is 0.252 e. The Morgan fingerprint density at radius 2 is 0.630 bits per heavy atom. The molecule has 2 aliphatic heterocycles. The molecule has 29 rings (SSSR count). The van der Waals surface area contributed by atoms with Crippen LogP contribution in [0, 0.1) is 0 Å². The van der Waals surface area contributed by atoms with Crippen LogP contribution in [0.5, 0.6) is 0 Å². The quantitative estimate of drug-likeness (QED) is 0.128. The van der Waals surface area contributed by atoms with Gasteiger partial charge in [-0.15, -0.1) is 0 Å². The van der Waals surface area contributed by atoms with E-state index in [4.69, 9.17) is 4.11 Å². The van der Waals surface area contributed by atoms with Gasteiger partial charge in [0.2, 0.25) is 0 Å². The first-order chi connectivity index (χ1) is 71.3. The summed E-state index contributed by atoms with van der Waals surface area (Å²) in [6, 6.07) is 120. The van der Waals surface area contributed by atoms with E-state index in [1.54, 1.807) is 4.57 Å². The van der Waals surface area contributed by atoms with Crippen LogP contribution in [-0.4, -0.2) is 24.5 Å². The Morgan fingerprint density at radius 1 is 0.230 bits per heavy atom. The minimum absolute atomic E-state index is 0.0444. The fraction of sp³-hybridized carbons (Fsp3) is 0.0625. The predicted octanol–water partition coefficient (Wildman–Crippen LogP) is 32.6. The average molecular weight is 1730 g/mol. The summed E-state index contributed by atoms with van der Waals surface area (Å²) in [4.78, 5) is 5.09. The number of aromatic nitrogens is 4. The van der Waals surface area contributed by atoms with Crippen LogP contribution in [0.15, 0.2) is 418 Å². The summed E-state index contributed by atoms with van der Waals surface area (Å²) >= 11 is 0. The first-order valence-corrected chi connectivity index (χ1v) is 46.5. The summed E-state index contributed by atoms with van der Waals surface area (Å²) in [6.07, 6.45) is 0. The molecule has 7 aromatic heterocycles. The van der Waals surface area contributed by atoms with E-state index in [0.29, 0.717) is 22.5 Å². The predicted molar refractivity (Wildman–Crippen MR) is 574 cm³/mol. The molecule has 632 valence electrons. The van der Waals surface area contributed by atoms with Gasteiger partial charge in [-0.05, 0) is 233 Å². The molecule has 0 bridgehead atoms. The van der Waals surface area contributed by atoms with Gasteiger partial charge < -0.3 is 27.6 Å². The van der Waals surface area contributed by atoms with E-state index in [1.807, 2.05) is 60.7 Å². The molecule has 0 aliphatic carbocycles. The molecular weight excluding hydrogens is 1630 g/mol. The van der Waals surface area contributed by atoms with Crippen molar-refractivity contribution in [3.63, 3.8) is 0 Å². The van der Waals surface area contributed by atoms with Gasteiger partial charge >= 0.3 is 0 Å². The van der Waals surface area contributed by atoms with Crippen LogP contribution in [-0.2, 0) is 10.8 Å². The number of hydrogen-bond acceptors (Lipinski definition) is 2. The first kappa shape index (κ1) is 64.9. The summed E-state index contributed by atoms with van der Waals surface area (Å²) in [5.41, 5.74) is 29.4. The van der Waals surface area contributed by atoms with Crippen molar-refractivity contribution in [1.29, 1.82) is 0 Å². The smallest absolute Gasteiger partial charge is 0.252 e. The van der Waals surface area contributed by atoms with E-state index in [1.165, 1.54) is 0 Å². The second kappa shape index (κ2) is 27.9.